The van der Waals surface area contributed by atoms with Crippen molar-refractivity contribution in [3.63, 3.8) is 0 Å². The first-order valence-electron chi connectivity index (χ1n) is 7.81. The van der Waals surface area contributed by atoms with Gasteiger partial charge in [0.25, 0.3) is 0 Å². The zero-order valence-electron chi connectivity index (χ0n) is 13.6. The Labute approximate surface area is 126 Å². The van der Waals surface area contributed by atoms with Crippen LogP contribution in [-0.2, 0) is 9.53 Å². The van der Waals surface area contributed by atoms with Crippen molar-refractivity contribution in [3.8, 4) is 0 Å². The third-order valence-electron chi connectivity index (χ3n) is 5.86. The van der Waals surface area contributed by atoms with E-state index in [1.165, 1.54) is 6.92 Å². The van der Waals surface area contributed by atoms with Gasteiger partial charge in [-0.25, -0.2) is 0 Å². The predicted molar refractivity (Wildman–Crippen MR) is 78.4 cm³/mol. The smallest absolute Gasteiger partial charge is 0.303 e. The molecule has 0 radical (unpaired) electrons. The number of hydrogen-bond donors (Lipinski definition) is 2. The van der Waals surface area contributed by atoms with Crippen molar-refractivity contribution in [1.29, 1.82) is 0 Å². The largest absolute Gasteiger partial charge is 0.455 e. The molecule has 0 aromatic carbocycles. The second-order valence-corrected chi connectivity index (χ2v) is 8.38. The maximum atomic E-state index is 11.4. The summed E-state index contributed by atoms with van der Waals surface area (Å²) in [6.45, 7) is 9.61. The van der Waals surface area contributed by atoms with Gasteiger partial charge in [-0.2, -0.15) is 0 Å². The van der Waals surface area contributed by atoms with Crippen LogP contribution in [0, 0.1) is 16.7 Å². The van der Waals surface area contributed by atoms with Crippen LogP contribution in [0.5, 0.6) is 0 Å². The highest BCUT2D eigenvalue weighted by atomic mass is 16.6. The number of aliphatic hydroxyl groups is 2. The van der Waals surface area contributed by atoms with E-state index in [0.717, 1.165) is 30.4 Å². The number of rotatable bonds is 1. The number of esters is 1. The monoisotopic (exact) mass is 294 g/mol. The zero-order valence-corrected chi connectivity index (χ0v) is 13.6. The molecule has 0 saturated heterocycles. The van der Waals surface area contributed by atoms with Crippen LogP contribution >= 0.6 is 0 Å². The maximum absolute atomic E-state index is 11.4. The molecule has 0 aliphatic heterocycles. The fourth-order valence-corrected chi connectivity index (χ4v) is 4.62. The van der Waals surface area contributed by atoms with E-state index in [-0.39, 0.29) is 10.8 Å². The number of carbonyl (C=O) groups excluding carboxylic acids is 1. The van der Waals surface area contributed by atoms with Gasteiger partial charge in [0.05, 0.1) is 0 Å². The van der Waals surface area contributed by atoms with Crippen LogP contribution in [0.1, 0.15) is 53.9 Å². The highest BCUT2D eigenvalue weighted by Crippen LogP contribution is 2.68. The molecule has 0 bridgehead atoms. The minimum atomic E-state index is -1.31. The van der Waals surface area contributed by atoms with Gasteiger partial charge >= 0.3 is 5.97 Å². The van der Waals surface area contributed by atoms with E-state index >= 15 is 0 Å². The van der Waals surface area contributed by atoms with Crippen LogP contribution in [0.4, 0.5) is 0 Å². The molecule has 21 heavy (non-hydrogen) atoms. The summed E-state index contributed by atoms with van der Waals surface area (Å²) < 4.78 is 5.41. The summed E-state index contributed by atoms with van der Waals surface area (Å²) >= 11 is 0. The number of hydrogen-bond acceptors (Lipinski definition) is 4. The molecular formula is C17H26O4. The molecule has 5 atom stereocenters. The minimum Gasteiger partial charge on any atom is -0.455 e. The predicted octanol–water partition coefficient (Wildman–Crippen LogP) is 2.19. The van der Waals surface area contributed by atoms with Crippen molar-refractivity contribution in [2.75, 3.05) is 0 Å². The Bertz CT molecular complexity index is 531. The summed E-state index contributed by atoms with van der Waals surface area (Å²) in [5.74, 6) is 0.145. The third-order valence-corrected chi connectivity index (χ3v) is 5.86. The van der Waals surface area contributed by atoms with Crippen molar-refractivity contribution in [3.05, 3.63) is 11.1 Å². The lowest BCUT2D eigenvalue weighted by molar-refractivity contribution is -0.155. The number of ether oxygens (including phenoxy) is 1. The first-order valence-corrected chi connectivity index (χ1v) is 7.81. The quantitative estimate of drug-likeness (QED) is 0.574. The molecule has 0 unspecified atom stereocenters. The molecule has 118 valence electrons. The Morgan fingerprint density at radius 3 is 2.43 bits per heavy atom. The molecule has 0 aromatic heterocycles. The average molecular weight is 294 g/mol. The van der Waals surface area contributed by atoms with Crippen molar-refractivity contribution in [2.45, 2.75) is 71.7 Å². The summed E-state index contributed by atoms with van der Waals surface area (Å²) in [5, 5.41) is 21.4. The maximum Gasteiger partial charge on any atom is 0.303 e. The number of fused-ring (bicyclic) bond motifs is 2. The molecule has 2 N–H and O–H groups in total. The van der Waals surface area contributed by atoms with E-state index in [9.17, 15) is 15.0 Å². The Morgan fingerprint density at radius 1 is 1.24 bits per heavy atom. The molecule has 1 fully saturated rings. The van der Waals surface area contributed by atoms with E-state index in [4.69, 9.17) is 4.74 Å². The van der Waals surface area contributed by atoms with E-state index in [2.05, 4.69) is 20.8 Å². The third kappa shape index (κ3) is 2.07. The molecular weight excluding hydrogens is 268 g/mol. The molecule has 4 heteroatoms. The van der Waals surface area contributed by atoms with Gasteiger partial charge in [0.1, 0.15) is 11.7 Å². The van der Waals surface area contributed by atoms with E-state index < -0.39 is 23.8 Å². The van der Waals surface area contributed by atoms with Crippen LogP contribution in [-0.4, -0.2) is 34.0 Å². The zero-order chi connectivity index (χ0) is 15.8. The molecule has 0 spiro atoms. The van der Waals surface area contributed by atoms with Gasteiger partial charge in [-0.05, 0) is 54.1 Å². The van der Waals surface area contributed by atoms with E-state index in [1.807, 2.05) is 0 Å². The Balaban J connectivity index is 2.12. The second-order valence-electron chi connectivity index (χ2n) is 8.38. The van der Waals surface area contributed by atoms with Gasteiger partial charge < -0.3 is 14.9 Å². The topological polar surface area (TPSA) is 66.8 Å². The molecule has 3 aliphatic rings. The van der Waals surface area contributed by atoms with Crippen molar-refractivity contribution in [1.82, 2.24) is 0 Å². The van der Waals surface area contributed by atoms with Crippen molar-refractivity contribution >= 4 is 5.97 Å². The van der Waals surface area contributed by atoms with Crippen LogP contribution in [0.15, 0.2) is 11.1 Å². The van der Waals surface area contributed by atoms with Gasteiger partial charge in [-0.15, -0.1) is 0 Å². The molecule has 3 aliphatic carbocycles. The molecule has 0 amide bonds. The van der Waals surface area contributed by atoms with Gasteiger partial charge in [0, 0.05) is 6.92 Å². The summed E-state index contributed by atoms with van der Waals surface area (Å²) in [6.07, 6.45) is 1.14. The van der Waals surface area contributed by atoms with Gasteiger partial charge in [0.15, 0.2) is 6.10 Å². The first-order chi connectivity index (χ1) is 9.49. The Morgan fingerprint density at radius 2 is 1.86 bits per heavy atom. The fourth-order valence-electron chi connectivity index (χ4n) is 4.62. The van der Waals surface area contributed by atoms with Crippen LogP contribution < -0.4 is 0 Å². The molecule has 4 nitrogen and oxygen atoms in total. The van der Waals surface area contributed by atoms with E-state index in [0.29, 0.717) is 5.92 Å². The van der Waals surface area contributed by atoms with Crippen LogP contribution in [0.3, 0.4) is 0 Å². The second kappa shape index (κ2) is 4.11. The normalized spacial score (nSPS) is 47.5. The molecule has 3 rings (SSSR count). The SMILES string of the molecule is CC(=O)O[C@@H]1C2=C(CC(C)(C)C[C@H]3C[C@@]23C)[C@](C)(O)[C@@H]1O. The van der Waals surface area contributed by atoms with E-state index in [1.54, 1.807) is 6.92 Å². The lowest BCUT2D eigenvalue weighted by Crippen LogP contribution is -2.44. The number of carbonyl (C=O) groups is 1. The standard InChI is InChI=1S/C17H26O4/c1-9(18)21-13-12-11(17(5,20)14(13)19)8-15(2,3)6-10-7-16(10,12)4/h10,13-14,19-20H,6-8H2,1-5H3/t10-,13+,14+,16+,17-/m0/s1. The summed E-state index contributed by atoms with van der Waals surface area (Å²) in [7, 11) is 0. The minimum absolute atomic E-state index is 0.0370. The number of aliphatic hydroxyl groups excluding tert-OH is 1. The van der Waals surface area contributed by atoms with Gasteiger partial charge in [-0.3, -0.25) is 4.79 Å². The fraction of sp³-hybridized carbons (Fsp3) is 0.824. The lowest BCUT2D eigenvalue weighted by atomic mass is 9.78. The van der Waals surface area contributed by atoms with Crippen molar-refractivity contribution in [2.24, 2.45) is 16.7 Å². The highest BCUT2D eigenvalue weighted by molar-refractivity contribution is 5.67. The lowest BCUT2D eigenvalue weighted by Gasteiger charge is -2.32. The molecule has 0 heterocycles. The van der Waals surface area contributed by atoms with Crippen LogP contribution in [0.25, 0.3) is 0 Å². The average Bonchev–Trinajstić information content (AvgIpc) is 2.90. The summed E-state index contributed by atoms with van der Waals surface area (Å²) in [4.78, 5) is 11.4. The summed E-state index contributed by atoms with van der Waals surface area (Å²) in [5.41, 5.74) is 0.631. The van der Waals surface area contributed by atoms with Gasteiger partial charge in [0.2, 0.25) is 0 Å². The first kappa shape index (κ1) is 15.0. The summed E-state index contributed by atoms with van der Waals surface area (Å²) in [6, 6.07) is 0. The Kier molecular flexibility index (Phi) is 2.94. The van der Waals surface area contributed by atoms with Gasteiger partial charge in [-0.1, -0.05) is 20.8 Å². The Hall–Kier alpha value is -0.870. The molecule has 1 saturated carbocycles. The molecule has 0 aromatic rings. The van der Waals surface area contributed by atoms with Crippen LogP contribution in [0.2, 0.25) is 0 Å². The highest BCUT2D eigenvalue weighted by Gasteiger charge is 2.65. The van der Waals surface area contributed by atoms with Crippen molar-refractivity contribution < 1.29 is 19.7 Å².